The number of imide groups is 1. The average Bonchev–Trinajstić information content (AvgIpc) is 2.99. The molecule has 4 rings (SSSR count). The quantitative estimate of drug-likeness (QED) is 0.922. The topological polar surface area (TPSA) is 57.6 Å². The van der Waals surface area contributed by atoms with Crippen molar-refractivity contribution in [2.45, 2.75) is 25.3 Å². The van der Waals surface area contributed by atoms with Crippen molar-refractivity contribution in [1.82, 2.24) is 14.8 Å². The molecule has 3 amide bonds. The van der Waals surface area contributed by atoms with Crippen molar-refractivity contribution in [3.05, 3.63) is 30.5 Å². The van der Waals surface area contributed by atoms with Crippen molar-refractivity contribution >= 4 is 28.5 Å². The first-order valence-corrected chi connectivity index (χ1v) is 8.52. The highest BCUT2D eigenvalue weighted by Crippen LogP contribution is 2.30. The zero-order valence-corrected chi connectivity index (χ0v) is 13.9. The Morgan fingerprint density at radius 1 is 1.08 bits per heavy atom. The molecule has 0 unspecified atom stereocenters. The van der Waals surface area contributed by atoms with Gasteiger partial charge in [0.1, 0.15) is 0 Å². The smallest absolute Gasteiger partial charge is 0.328 e. The van der Waals surface area contributed by atoms with Gasteiger partial charge in [0.25, 0.3) is 0 Å². The average molecular weight is 326 g/mol. The van der Waals surface area contributed by atoms with Crippen LogP contribution in [-0.4, -0.2) is 48.1 Å². The van der Waals surface area contributed by atoms with Crippen LogP contribution in [-0.2, 0) is 4.79 Å². The number of nitrogens with one attached hydrogen (secondary N) is 1. The summed E-state index contributed by atoms with van der Waals surface area (Å²) < 4.78 is 2.35. The van der Waals surface area contributed by atoms with Gasteiger partial charge in [-0.25, -0.2) is 4.79 Å². The number of rotatable bonds is 2. The molecule has 6 nitrogen and oxygen atoms in total. The van der Waals surface area contributed by atoms with Gasteiger partial charge in [0.15, 0.2) is 0 Å². The lowest BCUT2D eigenvalue weighted by Gasteiger charge is -2.31. The van der Waals surface area contributed by atoms with Crippen LogP contribution < -0.4 is 10.2 Å². The van der Waals surface area contributed by atoms with E-state index in [9.17, 15) is 9.59 Å². The van der Waals surface area contributed by atoms with Gasteiger partial charge in [0.05, 0.1) is 5.52 Å². The second-order valence-corrected chi connectivity index (χ2v) is 6.76. The molecule has 0 saturated carbocycles. The number of carbonyl (C=O) groups excluding carboxylic acids is 2. The Bertz CT molecular complexity index is 789. The maximum absolute atomic E-state index is 12.1. The molecule has 6 heteroatoms. The Morgan fingerprint density at radius 2 is 1.88 bits per heavy atom. The van der Waals surface area contributed by atoms with Gasteiger partial charge in [0, 0.05) is 30.9 Å². The number of nitrogens with zero attached hydrogens (tertiary/aromatic N) is 3. The molecule has 2 aromatic rings. The normalized spacial score (nSPS) is 20.6. The minimum absolute atomic E-state index is 0.202. The number of aromatic nitrogens is 1. The van der Waals surface area contributed by atoms with Crippen molar-refractivity contribution < 1.29 is 9.59 Å². The number of likely N-dealkylation sites (tertiary alicyclic amines) is 1. The molecule has 0 bridgehead atoms. The summed E-state index contributed by atoms with van der Waals surface area (Å²) >= 11 is 0. The second kappa shape index (κ2) is 5.94. The fourth-order valence-electron chi connectivity index (χ4n) is 3.71. The number of anilines is 1. The first-order valence-electron chi connectivity index (χ1n) is 8.52. The van der Waals surface area contributed by atoms with Crippen LogP contribution in [0.2, 0.25) is 0 Å². The first-order chi connectivity index (χ1) is 11.6. The third kappa shape index (κ3) is 2.67. The van der Waals surface area contributed by atoms with Crippen molar-refractivity contribution in [1.29, 1.82) is 0 Å². The lowest BCUT2D eigenvalue weighted by molar-refractivity contribution is -0.120. The zero-order chi connectivity index (χ0) is 16.7. The molecule has 126 valence electrons. The van der Waals surface area contributed by atoms with E-state index in [0.29, 0.717) is 19.0 Å². The maximum atomic E-state index is 12.1. The van der Waals surface area contributed by atoms with Gasteiger partial charge in [0.2, 0.25) is 5.91 Å². The highest BCUT2D eigenvalue weighted by molar-refractivity contribution is 6.06. The van der Waals surface area contributed by atoms with Crippen LogP contribution in [0.5, 0.6) is 0 Å². The van der Waals surface area contributed by atoms with E-state index in [1.165, 1.54) is 5.39 Å². The van der Waals surface area contributed by atoms with Gasteiger partial charge in [-0.15, -0.1) is 0 Å². The van der Waals surface area contributed by atoms with Crippen LogP contribution in [0.3, 0.4) is 0 Å². The molecule has 24 heavy (non-hydrogen) atoms. The van der Waals surface area contributed by atoms with Crippen LogP contribution in [0.25, 0.3) is 10.9 Å². The van der Waals surface area contributed by atoms with E-state index in [1.807, 2.05) is 6.07 Å². The number of carbonyl (C=O) groups is 2. The van der Waals surface area contributed by atoms with Crippen molar-refractivity contribution in [2.24, 2.45) is 0 Å². The van der Waals surface area contributed by atoms with E-state index in [2.05, 4.69) is 46.2 Å². The minimum Gasteiger partial charge on any atom is -0.344 e. The minimum atomic E-state index is -0.331. The Hall–Kier alpha value is -2.34. The van der Waals surface area contributed by atoms with E-state index in [-0.39, 0.29) is 11.9 Å². The lowest BCUT2D eigenvalue weighted by Crippen LogP contribution is -2.49. The largest absolute Gasteiger partial charge is 0.344 e. The summed E-state index contributed by atoms with van der Waals surface area (Å²) in [6.45, 7) is 2.66. The molecule has 0 atom stereocenters. The molecule has 2 aliphatic heterocycles. The molecular formula is C18H22N4O2. The van der Waals surface area contributed by atoms with Gasteiger partial charge in [-0.2, -0.15) is 0 Å². The summed E-state index contributed by atoms with van der Waals surface area (Å²) in [7, 11) is 2.17. The summed E-state index contributed by atoms with van der Waals surface area (Å²) in [6, 6.07) is 8.39. The zero-order valence-electron chi connectivity index (χ0n) is 13.9. The highest BCUT2D eigenvalue weighted by atomic mass is 16.2. The fraction of sp³-hybridized carbons (Fsp3) is 0.444. The van der Waals surface area contributed by atoms with E-state index in [4.69, 9.17) is 0 Å². The predicted molar refractivity (Wildman–Crippen MR) is 93.2 cm³/mol. The van der Waals surface area contributed by atoms with Crippen LogP contribution in [0.15, 0.2) is 30.5 Å². The molecule has 3 heterocycles. The van der Waals surface area contributed by atoms with E-state index < -0.39 is 0 Å². The highest BCUT2D eigenvalue weighted by Gasteiger charge is 2.25. The summed E-state index contributed by atoms with van der Waals surface area (Å²) in [6.07, 6.45) is 4.79. The predicted octanol–water partition coefficient (Wildman–Crippen LogP) is 2.35. The molecule has 1 aromatic heterocycles. The molecule has 0 aliphatic carbocycles. The Morgan fingerprint density at radius 3 is 2.62 bits per heavy atom. The monoisotopic (exact) mass is 326 g/mol. The van der Waals surface area contributed by atoms with Gasteiger partial charge in [-0.3, -0.25) is 15.0 Å². The molecule has 2 aliphatic rings. The standard InChI is InChI=1S/C18H22N4O2/c1-20-8-5-14(6-9-20)21-10-4-13-2-3-15(12-16(13)21)22-11-7-17(23)19-18(22)24/h2-4,10,12,14H,5-9,11H2,1H3,(H,19,23,24). The van der Waals surface area contributed by atoms with Crippen LogP contribution >= 0.6 is 0 Å². The molecule has 0 radical (unpaired) electrons. The number of amides is 3. The third-order valence-electron chi connectivity index (χ3n) is 5.15. The van der Waals surface area contributed by atoms with E-state index in [1.54, 1.807) is 4.90 Å². The molecule has 2 saturated heterocycles. The van der Waals surface area contributed by atoms with Gasteiger partial charge >= 0.3 is 6.03 Å². The van der Waals surface area contributed by atoms with E-state index >= 15 is 0 Å². The number of urea groups is 1. The number of hydrogen-bond acceptors (Lipinski definition) is 3. The molecule has 2 fully saturated rings. The second-order valence-electron chi connectivity index (χ2n) is 6.76. The molecular weight excluding hydrogens is 304 g/mol. The van der Waals surface area contributed by atoms with Gasteiger partial charge in [-0.1, -0.05) is 6.07 Å². The van der Waals surface area contributed by atoms with Crippen LogP contribution in [0, 0.1) is 0 Å². The summed E-state index contributed by atoms with van der Waals surface area (Å²) in [5, 5.41) is 3.57. The van der Waals surface area contributed by atoms with Crippen LogP contribution in [0.4, 0.5) is 10.5 Å². The first kappa shape index (κ1) is 15.2. The van der Waals surface area contributed by atoms with Crippen LogP contribution in [0.1, 0.15) is 25.3 Å². The molecule has 1 N–H and O–H groups in total. The molecule has 0 spiro atoms. The number of hydrogen-bond donors (Lipinski definition) is 1. The fourth-order valence-corrected chi connectivity index (χ4v) is 3.71. The maximum Gasteiger partial charge on any atom is 0.328 e. The number of benzene rings is 1. The SMILES string of the molecule is CN1CCC(n2ccc3ccc(N4CCC(=O)NC4=O)cc32)CC1. The summed E-state index contributed by atoms with van der Waals surface area (Å²) in [5.74, 6) is -0.202. The number of fused-ring (bicyclic) bond motifs is 1. The van der Waals surface area contributed by atoms with Gasteiger partial charge < -0.3 is 9.47 Å². The lowest BCUT2D eigenvalue weighted by atomic mass is 10.1. The summed E-state index contributed by atoms with van der Waals surface area (Å²) in [5.41, 5.74) is 2.01. The Balaban J connectivity index is 1.66. The Labute approximate surface area is 141 Å². The van der Waals surface area contributed by atoms with E-state index in [0.717, 1.165) is 37.1 Å². The summed E-state index contributed by atoms with van der Waals surface area (Å²) in [4.78, 5) is 27.4. The number of piperidine rings is 1. The van der Waals surface area contributed by atoms with Gasteiger partial charge in [-0.05, 0) is 56.6 Å². The van der Waals surface area contributed by atoms with Crippen molar-refractivity contribution in [2.75, 3.05) is 31.6 Å². The molecule has 1 aromatic carbocycles. The Kier molecular flexibility index (Phi) is 3.76. The third-order valence-corrected chi connectivity index (χ3v) is 5.15. The van der Waals surface area contributed by atoms with Crippen molar-refractivity contribution in [3.8, 4) is 0 Å². The van der Waals surface area contributed by atoms with Crippen molar-refractivity contribution in [3.63, 3.8) is 0 Å².